The third-order valence-electron chi connectivity index (χ3n) is 2.51. The Kier molecular flexibility index (Phi) is 4.59. The van der Waals surface area contributed by atoms with Gasteiger partial charge in [-0.2, -0.15) is 0 Å². The Balaban J connectivity index is 2.22. The molecule has 0 aliphatic carbocycles. The van der Waals surface area contributed by atoms with E-state index in [2.05, 4.69) is 14.7 Å². The number of hydrogen-bond donors (Lipinski definition) is 1. The van der Waals surface area contributed by atoms with Crippen LogP contribution < -0.4 is 4.72 Å². The van der Waals surface area contributed by atoms with Crippen molar-refractivity contribution in [2.75, 3.05) is 0 Å². The van der Waals surface area contributed by atoms with Crippen molar-refractivity contribution in [1.82, 2.24) is 14.7 Å². The lowest BCUT2D eigenvalue weighted by molar-refractivity contribution is 0.580. The quantitative estimate of drug-likeness (QED) is 0.934. The van der Waals surface area contributed by atoms with Crippen molar-refractivity contribution < 1.29 is 8.42 Å². The van der Waals surface area contributed by atoms with Crippen LogP contribution in [-0.4, -0.2) is 18.4 Å². The number of nitrogens with zero attached hydrogens (tertiary/aromatic N) is 2. The number of aryl methyl sites for hydroxylation is 1. The summed E-state index contributed by atoms with van der Waals surface area (Å²) in [5.74, 6) is 0. The zero-order valence-electron chi connectivity index (χ0n) is 10.5. The molecule has 2 rings (SSSR count). The minimum Gasteiger partial charge on any atom is -0.242 e. The summed E-state index contributed by atoms with van der Waals surface area (Å²) < 4.78 is 26.8. The van der Waals surface area contributed by atoms with Crippen LogP contribution in [0.5, 0.6) is 0 Å². The molecule has 0 radical (unpaired) electrons. The van der Waals surface area contributed by atoms with Gasteiger partial charge in [-0.15, -0.1) is 0 Å². The third-order valence-corrected chi connectivity index (χ3v) is 4.88. The van der Waals surface area contributed by atoms with Gasteiger partial charge in [0.2, 0.25) is 10.0 Å². The van der Waals surface area contributed by atoms with Gasteiger partial charge in [0.15, 0.2) is 0 Å². The second-order valence-corrected chi connectivity index (χ2v) is 6.55. The maximum Gasteiger partial charge on any atom is 0.242 e. The van der Waals surface area contributed by atoms with Gasteiger partial charge in [0.1, 0.15) is 11.2 Å². The molecule has 0 amide bonds. The van der Waals surface area contributed by atoms with E-state index < -0.39 is 10.0 Å². The van der Waals surface area contributed by atoms with Crippen LogP contribution in [0.1, 0.15) is 11.4 Å². The van der Waals surface area contributed by atoms with E-state index in [0.29, 0.717) is 5.69 Å². The van der Waals surface area contributed by atoms with Gasteiger partial charge in [-0.25, -0.2) is 23.1 Å². The van der Waals surface area contributed by atoms with E-state index in [4.69, 9.17) is 23.2 Å². The Labute approximate surface area is 127 Å². The molecule has 0 aliphatic rings. The van der Waals surface area contributed by atoms with Crippen molar-refractivity contribution in [2.45, 2.75) is 18.4 Å². The number of benzene rings is 1. The highest BCUT2D eigenvalue weighted by Crippen LogP contribution is 2.28. The second kappa shape index (κ2) is 6.05. The average Bonchev–Trinajstić information content (AvgIpc) is 2.40. The standard InChI is InChI=1S/C12H11Cl2N3O2S/c1-8-5-9(16-7-15-8)6-17-20(18,19)11-4-2-3-10(13)12(11)14/h2-5,7,17H,6H2,1H3. The van der Waals surface area contributed by atoms with E-state index in [-0.39, 0.29) is 21.5 Å². The van der Waals surface area contributed by atoms with Crippen molar-refractivity contribution in [3.05, 3.63) is 52.0 Å². The fourth-order valence-corrected chi connectivity index (χ4v) is 3.30. The van der Waals surface area contributed by atoms with Gasteiger partial charge in [-0.05, 0) is 25.1 Å². The molecule has 1 aromatic carbocycles. The zero-order chi connectivity index (χ0) is 14.8. The highest BCUT2D eigenvalue weighted by molar-refractivity contribution is 7.89. The molecule has 0 saturated heterocycles. The van der Waals surface area contributed by atoms with Crippen LogP contribution in [0.4, 0.5) is 0 Å². The summed E-state index contributed by atoms with van der Waals surface area (Å²) in [6.07, 6.45) is 1.38. The molecule has 0 atom stereocenters. The van der Waals surface area contributed by atoms with Gasteiger partial charge >= 0.3 is 0 Å². The summed E-state index contributed by atoms with van der Waals surface area (Å²) in [7, 11) is -3.75. The largest absolute Gasteiger partial charge is 0.242 e. The Hall–Kier alpha value is -1.21. The first-order valence-corrected chi connectivity index (χ1v) is 7.85. The summed E-state index contributed by atoms with van der Waals surface area (Å²) in [4.78, 5) is 7.86. The molecular formula is C12H11Cl2N3O2S. The van der Waals surface area contributed by atoms with Crippen LogP contribution in [0.25, 0.3) is 0 Å². The molecule has 5 nitrogen and oxygen atoms in total. The maximum atomic E-state index is 12.2. The van der Waals surface area contributed by atoms with E-state index in [0.717, 1.165) is 5.69 Å². The molecule has 0 unspecified atom stereocenters. The Bertz CT molecular complexity index is 735. The van der Waals surface area contributed by atoms with Gasteiger partial charge in [0, 0.05) is 5.69 Å². The number of hydrogen-bond acceptors (Lipinski definition) is 4. The first kappa shape index (κ1) is 15.2. The lowest BCUT2D eigenvalue weighted by Crippen LogP contribution is -2.24. The topological polar surface area (TPSA) is 72.0 Å². The molecule has 0 spiro atoms. The molecule has 1 aromatic heterocycles. The molecule has 0 aliphatic heterocycles. The summed E-state index contributed by atoms with van der Waals surface area (Å²) in [5.41, 5.74) is 1.33. The lowest BCUT2D eigenvalue weighted by Gasteiger charge is -2.09. The molecule has 0 saturated carbocycles. The fourth-order valence-electron chi connectivity index (χ4n) is 1.54. The fraction of sp³-hybridized carbons (Fsp3) is 0.167. The minimum absolute atomic E-state index is 0.000495. The number of aromatic nitrogens is 2. The molecule has 1 heterocycles. The van der Waals surface area contributed by atoms with Crippen molar-refractivity contribution in [3.63, 3.8) is 0 Å². The van der Waals surface area contributed by atoms with Crippen LogP contribution in [0.15, 0.2) is 35.5 Å². The summed E-state index contributed by atoms with van der Waals surface area (Å²) in [6.45, 7) is 1.85. The normalized spacial score (nSPS) is 11.6. The van der Waals surface area contributed by atoms with Gasteiger partial charge < -0.3 is 0 Å². The van der Waals surface area contributed by atoms with Gasteiger partial charge in [0.25, 0.3) is 0 Å². The number of rotatable bonds is 4. The van der Waals surface area contributed by atoms with Crippen LogP contribution in [0, 0.1) is 6.92 Å². The minimum atomic E-state index is -3.75. The Morgan fingerprint density at radius 1 is 1.25 bits per heavy atom. The van der Waals surface area contributed by atoms with Gasteiger partial charge in [-0.1, -0.05) is 29.3 Å². The predicted octanol–water partition coefficient (Wildman–Crippen LogP) is 2.57. The van der Waals surface area contributed by atoms with Crippen molar-refractivity contribution in [3.8, 4) is 0 Å². The molecule has 106 valence electrons. The Morgan fingerprint density at radius 3 is 2.70 bits per heavy atom. The Morgan fingerprint density at radius 2 is 2.00 bits per heavy atom. The van der Waals surface area contributed by atoms with E-state index in [1.807, 2.05) is 0 Å². The van der Waals surface area contributed by atoms with Crippen LogP contribution >= 0.6 is 23.2 Å². The number of sulfonamides is 1. The molecule has 2 aromatic rings. The smallest absolute Gasteiger partial charge is 0.242 e. The highest BCUT2D eigenvalue weighted by atomic mass is 35.5. The monoisotopic (exact) mass is 331 g/mol. The molecule has 8 heteroatoms. The van der Waals surface area contributed by atoms with E-state index in [1.54, 1.807) is 13.0 Å². The third kappa shape index (κ3) is 3.46. The first-order valence-electron chi connectivity index (χ1n) is 5.61. The van der Waals surface area contributed by atoms with E-state index in [9.17, 15) is 8.42 Å². The average molecular weight is 332 g/mol. The van der Waals surface area contributed by atoms with Crippen molar-refractivity contribution >= 4 is 33.2 Å². The molecular weight excluding hydrogens is 321 g/mol. The molecule has 1 N–H and O–H groups in total. The summed E-state index contributed by atoms with van der Waals surface area (Å²) >= 11 is 11.7. The molecule has 20 heavy (non-hydrogen) atoms. The second-order valence-electron chi connectivity index (χ2n) is 4.03. The van der Waals surface area contributed by atoms with E-state index >= 15 is 0 Å². The van der Waals surface area contributed by atoms with Crippen LogP contribution in [0.3, 0.4) is 0 Å². The van der Waals surface area contributed by atoms with Crippen LogP contribution in [-0.2, 0) is 16.6 Å². The van der Waals surface area contributed by atoms with Gasteiger partial charge in [-0.3, -0.25) is 0 Å². The predicted molar refractivity (Wildman–Crippen MR) is 77.3 cm³/mol. The van der Waals surface area contributed by atoms with Gasteiger partial charge in [0.05, 0.1) is 22.3 Å². The SMILES string of the molecule is Cc1cc(CNS(=O)(=O)c2cccc(Cl)c2Cl)ncn1. The highest BCUT2D eigenvalue weighted by Gasteiger charge is 2.19. The number of nitrogens with one attached hydrogen (secondary N) is 1. The zero-order valence-corrected chi connectivity index (χ0v) is 12.8. The summed E-state index contributed by atoms with van der Waals surface area (Å²) in [5, 5.41) is 0.188. The van der Waals surface area contributed by atoms with Crippen molar-refractivity contribution in [1.29, 1.82) is 0 Å². The van der Waals surface area contributed by atoms with Crippen molar-refractivity contribution in [2.24, 2.45) is 0 Å². The first-order chi connectivity index (χ1) is 9.40. The van der Waals surface area contributed by atoms with E-state index in [1.165, 1.54) is 24.5 Å². The lowest BCUT2D eigenvalue weighted by atomic mass is 10.3. The maximum absolute atomic E-state index is 12.2. The summed E-state index contributed by atoms with van der Waals surface area (Å²) in [6, 6.07) is 6.14. The molecule has 0 bridgehead atoms. The number of halogens is 2. The molecule has 0 fully saturated rings. The van der Waals surface area contributed by atoms with Crippen LogP contribution in [0.2, 0.25) is 10.0 Å².